The summed E-state index contributed by atoms with van der Waals surface area (Å²) in [4.78, 5) is 13.9. The zero-order valence-electron chi connectivity index (χ0n) is 9.57. The summed E-state index contributed by atoms with van der Waals surface area (Å²) in [5.74, 6) is -0.0882. The maximum Gasteiger partial charge on any atom is 0.266 e. The first-order chi connectivity index (χ1) is 8.20. The number of benzene rings is 1. The van der Waals surface area contributed by atoms with Crippen LogP contribution in [0.1, 0.15) is 20.1 Å². The van der Waals surface area contributed by atoms with Crippen LogP contribution in [-0.2, 0) is 6.54 Å². The molecular formula is C13H14N2OS. The molecule has 1 aromatic carbocycles. The highest BCUT2D eigenvalue weighted by molar-refractivity contribution is 7.14. The molecular weight excluding hydrogens is 232 g/mol. The lowest BCUT2D eigenvalue weighted by Crippen LogP contribution is -2.13. The molecule has 17 heavy (non-hydrogen) atoms. The third-order valence-electron chi connectivity index (χ3n) is 2.39. The van der Waals surface area contributed by atoms with Crippen LogP contribution >= 0.6 is 11.3 Å². The van der Waals surface area contributed by atoms with Crippen molar-refractivity contribution in [2.75, 3.05) is 5.32 Å². The number of amides is 1. The van der Waals surface area contributed by atoms with Gasteiger partial charge in [0.15, 0.2) is 0 Å². The summed E-state index contributed by atoms with van der Waals surface area (Å²) in [5.41, 5.74) is 7.32. The van der Waals surface area contributed by atoms with Crippen molar-refractivity contribution in [3.63, 3.8) is 0 Å². The normalized spacial score (nSPS) is 10.2. The molecule has 0 atom stereocenters. The van der Waals surface area contributed by atoms with E-state index in [1.54, 1.807) is 0 Å². The number of thiophene rings is 1. The van der Waals surface area contributed by atoms with Gasteiger partial charge in [0, 0.05) is 17.1 Å². The summed E-state index contributed by atoms with van der Waals surface area (Å²) in [6, 6.07) is 11.4. The van der Waals surface area contributed by atoms with Crippen LogP contribution in [0.2, 0.25) is 0 Å². The Morgan fingerprint density at radius 2 is 2.06 bits per heavy atom. The zero-order valence-corrected chi connectivity index (χ0v) is 10.4. The molecule has 0 aliphatic carbocycles. The predicted molar refractivity (Wildman–Crippen MR) is 71.3 cm³/mol. The second kappa shape index (κ2) is 5.12. The molecule has 1 amide bonds. The van der Waals surface area contributed by atoms with Gasteiger partial charge >= 0.3 is 0 Å². The van der Waals surface area contributed by atoms with Crippen LogP contribution in [0.15, 0.2) is 36.4 Å². The molecule has 0 bridgehead atoms. The smallest absolute Gasteiger partial charge is 0.266 e. The summed E-state index contributed by atoms with van der Waals surface area (Å²) in [7, 11) is 0. The van der Waals surface area contributed by atoms with Crippen LogP contribution in [-0.4, -0.2) is 5.91 Å². The molecule has 0 spiro atoms. The summed E-state index contributed by atoms with van der Waals surface area (Å²) >= 11 is 1.47. The largest absolute Gasteiger partial charge is 0.326 e. The van der Waals surface area contributed by atoms with E-state index in [0.717, 1.165) is 16.1 Å². The summed E-state index contributed by atoms with van der Waals surface area (Å²) in [6.45, 7) is 2.37. The Balaban J connectivity index is 2.20. The van der Waals surface area contributed by atoms with Crippen LogP contribution in [0.5, 0.6) is 0 Å². The SMILES string of the molecule is Cc1cc(CN)c(C(=O)Nc2ccccc2)s1. The number of aryl methyl sites for hydroxylation is 1. The van der Waals surface area contributed by atoms with Crippen LogP contribution in [0, 0.1) is 6.92 Å². The van der Waals surface area contributed by atoms with Gasteiger partial charge in [-0.3, -0.25) is 4.79 Å². The van der Waals surface area contributed by atoms with Crippen molar-refractivity contribution >= 4 is 22.9 Å². The number of nitrogens with one attached hydrogen (secondary N) is 1. The lowest BCUT2D eigenvalue weighted by molar-refractivity contribution is 0.103. The Kier molecular flexibility index (Phi) is 3.56. The molecule has 88 valence electrons. The molecule has 0 saturated carbocycles. The lowest BCUT2D eigenvalue weighted by atomic mass is 10.2. The van der Waals surface area contributed by atoms with Crippen molar-refractivity contribution in [1.29, 1.82) is 0 Å². The monoisotopic (exact) mass is 246 g/mol. The van der Waals surface area contributed by atoms with E-state index in [1.807, 2.05) is 43.3 Å². The number of para-hydroxylation sites is 1. The molecule has 0 radical (unpaired) electrons. The Morgan fingerprint density at radius 3 is 2.71 bits per heavy atom. The Hall–Kier alpha value is -1.65. The topological polar surface area (TPSA) is 55.1 Å². The van der Waals surface area contributed by atoms with Gasteiger partial charge in [-0.05, 0) is 30.7 Å². The maximum atomic E-state index is 12.1. The third kappa shape index (κ3) is 2.72. The fraction of sp³-hybridized carbons (Fsp3) is 0.154. The van der Waals surface area contributed by atoms with E-state index in [0.29, 0.717) is 11.4 Å². The highest BCUT2D eigenvalue weighted by Crippen LogP contribution is 2.22. The molecule has 0 aliphatic heterocycles. The first-order valence-corrected chi connectivity index (χ1v) is 6.18. The van der Waals surface area contributed by atoms with Crippen molar-refractivity contribution in [3.8, 4) is 0 Å². The average molecular weight is 246 g/mol. The highest BCUT2D eigenvalue weighted by Gasteiger charge is 2.13. The van der Waals surface area contributed by atoms with Gasteiger partial charge in [-0.25, -0.2) is 0 Å². The molecule has 3 N–H and O–H groups in total. The van der Waals surface area contributed by atoms with E-state index in [-0.39, 0.29) is 5.91 Å². The molecule has 0 aliphatic rings. The zero-order chi connectivity index (χ0) is 12.3. The van der Waals surface area contributed by atoms with Crippen LogP contribution in [0.25, 0.3) is 0 Å². The lowest BCUT2D eigenvalue weighted by Gasteiger charge is -2.04. The Labute approximate surface area is 104 Å². The number of hydrogen-bond donors (Lipinski definition) is 2. The van der Waals surface area contributed by atoms with Crippen molar-refractivity contribution in [2.45, 2.75) is 13.5 Å². The Bertz CT molecular complexity index is 519. The fourth-order valence-corrected chi connectivity index (χ4v) is 2.56. The van der Waals surface area contributed by atoms with Gasteiger partial charge in [0.2, 0.25) is 0 Å². The minimum atomic E-state index is -0.0882. The quantitative estimate of drug-likeness (QED) is 0.875. The van der Waals surface area contributed by atoms with E-state index in [9.17, 15) is 4.79 Å². The molecule has 2 rings (SSSR count). The van der Waals surface area contributed by atoms with E-state index >= 15 is 0 Å². The first kappa shape index (κ1) is 11.8. The predicted octanol–water partition coefficient (Wildman–Crippen LogP) is 2.77. The molecule has 0 unspecified atom stereocenters. The van der Waals surface area contributed by atoms with Gasteiger partial charge in [-0.2, -0.15) is 0 Å². The maximum absolute atomic E-state index is 12.1. The van der Waals surface area contributed by atoms with Gasteiger partial charge in [0.1, 0.15) is 0 Å². The van der Waals surface area contributed by atoms with Gasteiger partial charge in [-0.1, -0.05) is 18.2 Å². The number of carbonyl (C=O) groups excluding carboxylic acids is 1. The number of anilines is 1. The van der Waals surface area contributed by atoms with Gasteiger partial charge in [0.25, 0.3) is 5.91 Å². The highest BCUT2D eigenvalue weighted by atomic mass is 32.1. The van der Waals surface area contributed by atoms with Crippen LogP contribution < -0.4 is 11.1 Å². The average Bonchev–Trinajstić information content (AvgIpc) is 2.72. The van der Waals surface area contributed by atoms with Gasteiger partial charge in [0.05, 0.1) is 4.88 Å². The minimum Gasteiger partial charge on any atom is -0.326 e. The number of nitrogens with two attached hydrogens (primary N) is 1. The molecule has 1 heterocycles. The van der Waals surface area contributed by atoms with E-state index in [4.69, 9.17) is 5.73 Å². The molecule has 3 nitrogen and oxygen atoms in total. The third-order valence-corrected chi connectivity index (χ3v) is 3.48. The number of carbonyl (C=O) groups is 1. The fourth-order valence-electron chi connectivity index (χ4n) is 1.62. The van der Waals surface area contributed by atoms with E-state index in [2.05, 4.69) is 5.32 Å². The second-order valence-corrected chi connectivity index (χ2v) is 4.99. The number of hydrogen-bond acceptors (Lipinski definition) is 3. The first-order valence-electron chi connectivity index (χ1n) is 5.36. The van der Waals surface area contributed by atoms with Gasteiger partial charge < -0.3 is 11.1 Å². The van der Waals surface area contributed by atoms with Crippen molar-refractivity contribution in [1.82, 2.24) is 0 Å². The summed E-state index contributed by atoms with van der Waals surface area (Å²) < 4.78 is 0. The second-order valence-electron chi connectivity index (χ2n) is 3.74. The minimum absolute atomic E-state index is 0.0882. The summed E-state index contributed by atoms with van der Waals surface area (Å²) in [5, 5.41) is 2.86. The molecule has 0 fully saturated rings. The summed E-state index contributed by atoms with van der Waals surface area (Å²) in [6.07, 6.45) is 0. The standard InChI is InChI=1S/C13H14N2OS/c1-9-7-10(8-14)12(17-9)13(16)15-11-5-3-2-4-6-11/h2-7H,8,14H2,1H3,(H,15,16). The van der Waals surface area contributed by atoms with E-state index < -0.39 is 0 Å². The molecule has 4 heteroatoms. The number of rotatable bonds is 3. The van der Waals surface area contributed by atoms with Crippen molar-refractivity contribution in [3.05, 3.63) is 51.7 Å². The van der Waals surface area contributed by atoms with Gasteiger partial charge in [-0.15, -0.1) is 11.3 Å². The Morgan fingerprint density at radius 1 is 1.35 bits per heavy atom. The molecule has 0 saturated heterocycles. The van der Waals surface area contributed by atoms with Crippen molar-refractivity contribution in [2.24, 2.45) is 5.73 Å². The van der Waals surface area contributed by atoms with Crippen LogP contribution in [0.4, 0.5) is 5.69 Å². The van der Waals surface area contributed by atoms with Crippen molar-refractivity contribution < 1.29 is 4.79 Å². The molecule has 2 aromatic rings. The van der Waals surface area contributed by atoms with E-state index in [1.165, 1.54) is 11.3 Å². The van der Waals surface area contributed by atoms with Crippen LogP contribution in [0.3, 0.4) is 0 Å². The molecule has 1 aromatic heterocycles.